The van der Waals surface area contributed by atoms with Crippen LogP contribution in [-0.4, -0.2) is 73.0 Å². The third kappa shape index (κ3) is 5.43. The van der Waals surface area contributed by atoms with Crippen molar-refractivity contribution < 1.29 is 19.1 Å². The van der Waals surface area contributed by atoms with E-state index in [0.717, 1.165) is 46.1 Å². The van der Waals surface area contributed by atoms with Gasteiger partial charge in [-0.25, -0.2) is 4.79 Å². The van der Waals surface area contributed by atoms with Crippen molar-refractivity contribution in [1.29, 1.82) is 0 Å². The number of benzene rings is 4. The lowest BCUT2D eigenvalue weighted by molar-refractivity contribution is 0.0664. The molecule has 0 bridgehead atoms. The zero-order valence-corrected chi connectivity index (χ0v) is 24.9. The molecule has 0 radical (unpaired) electrons. The van der Waals surface area contributed by atoms with Gasteiger partial charge in [0, 0.05) is 59.4 Å². The Kier molecular flexibility index (Phi) is 7.67. The first-order valence-electron chi connectivity index (χ1n) is 14.4. The van der Waals surface area contributed by atoms with Crippen molar-refractivity contribution in [1.82, 2.24) is 14.8 Å². The summed E-state index contributed by atoms with van der Waals surface area (Å²) in [6.07, 6.45) is 0. The van der Waals surface area contributed by atoms with Gasteiger partial charge in [-0.15, -0.1) is 0 Å². The molecule has 4 amide bonds. The average Bonchev–Trinajstić information content (AvgIpc) is 3.41. The number of carbonyl (C=O) groups excluding carboxylic acids is 3. The highest BCUT2D eigenvalue weighted by atomic mass is 16.5. The van der Waals surface area contributed by atoms with E-state index < -0.39 is 5.91 Å². The summed E-state index contributed by atoms with van der Waals surface area (Å²) >= 11 is 0. The molecule has 2 heterocycles. The number of ether oxygens (including phenoxy) is 1. The molecule has 10 nitrogen and oxygen atoms in total. The Bertz CT molecular complexity index is 1910. The van der Waals surface area contributed by atoms with E-state index in [1.165, 1.54) is 0 Å². The summed E-state index contributed by atoms with van der Waals surface area (Å²) in [6, 6.07) is 21.6. The molecule has 1 aliphatic heterocycles. The highest BCUT2D eigenvalue weighted by Gasteiger charge is 2.23. The van der Waals surface area contributed by atoms with E-state index in [1.807, 2.05) is 54.3 Å². The maximum atomic E-state index is 13.3. The number of hydrogen-bond acceptors (Lipinski definition) is 5. The van der Waals surface area contributed by atoms with Crippen LogP contribution >= 0.6 is 0 Å². The van der Waals surface area contributed by atoms with Crippen LogP contribution in [0, 0.1) is 6.92 Å². The minimum absolute atomic E-state index is 0.0171. The molecular formula is C34H34N6O4. The zero-order valence-electron chi connectivity index (χ0n) is 24.9. The van der Waals surface area contributed by atoms with Crippen LogP contribution in [0.3, 0.4) is 0 Å². The molecular weight excluding hydrogens is 556 g/mol. The summed E-state index contributed by atoms with van der Waals surface area (Å²) < 4.78 is 5.18. The fourth-order valence-corrected chi connectivity index (χ4v) is 5.79. The fraction of sp³-hybridized carbons (Fsp3) is 0.206. The first-order valence-corrected chi connectivity index (χ1v) is 14.4. The van der Waals surface area contributed by atoms with Gasteiger partial charge in [0.25, 0.3) is 11.8 Å². The van der Waals surface area contributed by atoms with Gasteiger partial charge in [0.1, 0.15) is 5.75 Å². The second kappa shape index (κ2) is 11.7. The van der Waals surface area contributed by atoms with Crippen LogP contribution in [0.2, 0.25) is 0 Å². The molecule has 5 N–H and O–H groups in total. The van der Waals surface area contributed by atoms with Crippen molar-refractivity contribution in [2.45, 2.75) is 6.92 Å². The van der Waals surface area contributed by atoms with Crippen molar-refractivity contribution >= 4 is 51.0 Å². The Morgan fingerprint density at radius 2 is 1.64 bits per heavy atom. The number of rotatable bonds is 6. The number of primary amides is 1. The first-order chi connectivity index (χ1) is 21.2. The Hall–Kier alpha value is -5.35. The quantitative estimate of drug-likeness (QED) is 0.209. The number of nitrogens with zero attached hydrogens (tertiary/aromatic N) is 2. The zero-order chi connectivity index (χ0) is 31.0. The number of H-pyrrole nitrogens is 1. The number of urea groups is 1. The standard InChI is InChI=1S/C34H34N6O4/c1-20-24(5-4-6-28(20)38-34(43)36-22-8-10-23(44-3)11-9-22)25-13-14-27(32(35)41)31-30(25)26-12-7-21(19-29(26)37-31)33(42)40-17-15-39(2)16-18-40/h4-14,19,37H,15-18H2,1-3H3,(H2,35,41)(H2,36,38,43). The topological polar surface area (TPSA) is 133 Å². The summed E-state index contributed by atoms with van der Waals surface area (Å²) in [5.41, 5.74) is 11.9. The van der Waals surface area contributed by atoms with Crippen molar-refractivity contribution in [2.75, 3.05) is 51.0 Å². The van der Waals surface area contributed by atoms with E-state index in [-0.39, 0.29) is 11.9 Å². The Balaban J connectivity index is 1.37. The van der Waals surface area contributed by atoms with Gasteiger partial charge in [-0.3, -0.25) is 9.59 Å². The van der Waals surface area contributed by atoms with E-state index in [9.17, 15) is 14.4 Å². The Morgan fingerprint density at radius 1 is 0.886 bits per heavy atom. The van der Waals surface area contributed by atoms with Gasteiger partial charge in [-0.05, 0) is 79.2 Å². The molecule has 1 saturated heterocycles. The number of nitrogens with two attached hydrogens (primary N) is 1. The molecule has 6 rings (SSSR count). The van der Waals surface area contributed by atoms with Crippen LogP contribution < -0.4 is 21.1 Å². The number of carbonyl (C=O) groups is 3. The van der Waals surface area contributed by atoms with Crippen LogP contribution in [0.15, 0.2) is 72.8 Å². The molecule has 0 aliphatic carbocycles. The molecule has 1 fully saturated rings. The monoisotopic (exact) mass is 590 g/mol. The van der Waals surface area contributed by atoms with Crippen LogP contribution in [-0.2, 0) is 0 Å². The first kappa shape index (κ1) is 28.8. The minimum Gasteiger partial charge on any atom is -0.497 e. The molecule has 0 atom stereocenters. The number of piperazine rings is 1. The molecule has 44 heavy (non-hydrogen) atoms. The fourth-order valence-electron chi connectivity index (χ4n) is 5.79. The number of nitrogens with one attached hydrogen (secondary N) is 3. The second-order valence-electron chi connectivity index (χ2n) is 11.0. The number of likely N-dealkylation sites (N-methyl/N-ethyl adjacent to an activating group) is 1. The minimum atomic E-state index is -0.552. The molecule has 0 saturated carbocycles. The summed E-state index contributed by atoms with van der Waals surface area (Å²) in [5, 5.41) is 7.48. The lowest BCUT2D eigenvalue weighted by Gasteiger charge is -2.32. The van der Waals surface area contributed by atoms with E-state index >= 15 is 0 Å². The predicted octanol–water partition coefficient (Wildman–Crippen LogP) is 5.44. The van der Waals surface area contributed by atoms with Crippen molar-refractivity contribution in [2.24, 2.45) is 5.73 Å². The molecule has 0 spiro atoms. The largest absolute Gasteiger partial charge is 0.497 e. The Morgan fingerprint density at radius 3 is 2.34 bits per heavy atom. The summed E-state index contributed by atoms with van der Waals surface area (Å²) in [6.45, 7) is 4.97. The third-order valence-corrected chi connectivity index (χ3v) is 8.28. The molecule has 1 aliphatic rings. The van der Waals surface area contributed by atoms with Gasteiger partial charge in [-0.1, -0.05) is 24.3 Å². The van der Waals surface area contributed by atoms with E-state index in [1.54, 1.807) is 37.4 Å². The van der Waals surface area contributed by atoms with Gasteiger partial charge >= 0.3 is 6.03 Å². The normalized spacial score (nSPS) is 13.7. The number of anilines is 2. The van der Waals surface area contributed by atoms with Gasteiger partial charge in [0.15, 0.2) is 0 Å². The van der Waals surface area contributed by atoms with Crippen LogP contribution in [0.4, 0.5) is 16.2 Å². The molecule has 224 valence electrons. The smallest absolute Gasteiger partial charge is 0.323 e. The lowest BCUT2D eigenvalue weighted by atomic mass is 9.93. The van der Waals surface area contributed by atoms with Gasteiger partial charge in [-0.2, -0.15) is 0 Å². The number of aromatic nitrogens is 1. The molecule has 1 aromatic heterocycles. The molecule has 0 unspecified atom stereocenters. The highest BCUT2D eigenvalue weighted by molar-refractivity contribution is 6.20. The number of amides is 4. The summed E-state index contributed by atoms with van der Waals surface area (Å²) in [7, 11) is 3.64. The summed E-state index contributed by atoms with van der Waals surface area (Å²) in [5.74, 6) is 0.129. The van der Waals surface area contributed by atoms with Crippen molar-refractivity contribution in [3.05, 3.63) is 89.5 Å². The average molecular weight is 591 g/mol. The SMILES string of the molecule is COc1ccc(NC(=O)Nc2cccc(-c3ccc(C(N)=O)c4[nH]c5cc(C(=O)N6CCN(C)CC6)ccc5c34)c2C)cc1. The van der Waals surface area contributed by atoms with Gasteiger partial charge < -0.3 is 35.9 Å². The van der Waals surface area contributed by atoms with E-state index in [4.69, 9.17) is 10.5 Å². The number of methoxy groups -OCH3 is 1. The van der Waals surface area contributed by atoms with E-state index in [0.29, 0.717) is 46.9 Å². The molecule has 5 aromatic rings. The third-order valence-electron chi connectivity index (χ3n) is 8.28. The van der Waals surface area contributed by atoms with Crippen LogP contribution in [0.25, 0.3) is 32.9 Å². The molecule has 10 heteroatoms. The highest BCUT2D eigenvalue weighted by Crippen LogP contribution is 2.39. The van der Waals surface area contributed by atoms with Crippen LogP contribution in [0.5, 0.6) is 5.75 Å². The van der Waals surface area contributed by atoms with Gasteiger partial charge in [0.2, 0.25) is 0 Å². The Labute approximate surface area is 254 Å². The number of aromatic amines is 1. The van der Waals surface area contributed by atoms with Crippen molar-refractivity contribution in [3.8, 4) is 16.9 Å². The van der Waals surface area contributed by atoms with Gasteiger partial charge in [0.05, 0.1) is 18.2 Å². The predicted molar refractivity (Wildman–Crippen MR) is 174 cm³/mol. The summed E-state index contributed by atoms with van der Waals surface area (Å²) in [4.78, 5) is 46.1. The lowest BCUT2D eigenvalue weighted by Crippen LogP contribution is -2.47. The van der Waals surface area contributed by atoms with E-state index in [2.05, 4.69) is 27.6 Å². The van der Waals surface area contributed by atoms with Crippen molar-refractivity contribution in [3.63, 3.8) is 0 Å². The van der Waals surface area contributed by atoms with Crippen LogP contribution in [0.1, 0.15) is 26.3 Å². The maximum absolute atomic E-state index is 13.3. The maximum Gasteiger partial charge on any atom is 0.323 e. The number of fused-ring (bicyclic) bond motifs is 3. The molecule has 4 aromatic carbocycles. The second-order valence-corrected chi connectivity index (χ2v) is 11.0. The number of hydrogen-bond donors (Lipinski definition) is 4.